The van der Waals surface area contributed by atoms with E-state index in [0.29, 0.717) is 47.1 Å². The van der Waals surface area contributed by atoms with Gasteiger partial charge in [-0.15, -0.1) is 0 Å². The topological polar surface area (TPSA) is 87.8 Å². The van der Waals surface area contributed by atoms with Crippen molar-refractivity contribution in [2.24, 2.45) is 0 Å². The number of fused-ring (bicyclic) bond motifs is 2. The van der Waals surface area contributed by atoms with Crippen LogP contribution >= 0.6 is 11.6 Å². The molecule has 0 bridgehead atoms. The number of halogens is 1. The minimum atomic E-state index is -0.553. The van der Waals surface area contributed by atoms with Crippen molar-refractivity contribution in [3.05, 3.63) is 46.8 Å². The maximum Gasteiger partial charge on any atom is 0.264 e. The maximum absolute atomic E-state index is 12.9. The summed E-state index contributed by atoms with van der Waals surface area (Å²) in [6, 6.07) is 7.20. The molecular formula is C21H20ClN3O4. The summed E-state index contributed by atoms with van der Waals surface area (Å²) in [7, 11) is 0. The van der Waals surface area contributed by atoms with Gasteiger partial charge in [-0.2, -0.15) is 0 Å². The van der Waals surface area contributed by atoms with Crippen LogP contribution in [-0.2, 0) is 17.8 Å². The molecule has 0 aliphatic carbocycles. The van der Waals surface area contributed by atoms with E-state index in [0.717, 1.165) is 29.8 Å². The zero-order valence-corrected chi connectivity index (χ0v) is 16.4. The Balaban J connectivity index is 1.54. The Morgan fingerprint density at radius 3 is 2.90 bits per heavy atom. The van der Waals surface area contributed by atoms with Gasteiger partial charge in [-0.25, -0.2) is 0 Å². The van der Waals surface area contributed by atoms with Crippen molar-refractivity contribution in [1.82, 2.24) is 15.2 Å². The highest BCUT2D eigenvalue weighted by Crippen LogP contribution is 2.43. The fourth-order valence-corrected chi connectivity index (χ4v) is 4.27. The van der Waals surface area contributed by atoms with Crippen molar-refractivity contribution < 1.29 is 19.1 Å². The molecule has 4 heterocycles. The van der Waals surface area contributed by atoms with Gasteiger partial charge in [-0.3, -0.25) is 9.78 Å². The molecule has 2 aromatic heterocycles. The molecule has 3 aromatic rings. The third kappa shape index (κ3) is 3.25. The van der Waals surface area contributed by atoms with E-state index in [-0.39, 0.29) is 12.5 Å². The van der Waals surface area contributed by atoms with Gasteiger partial charge in [0.2, 0.25) is 0 Å². The van der Waals surface area contributed by atoms with Crippen LogP contribution in [0.2, 0.25) is 5.02 Å². The first-order valence-corrected chi connectivity index (χ1v) is 9.99. The van der Waals surface area contributed by atoms with Gasteiger partial charge < -0.3 is 24.5 Å². The fraction of sp³-hybridized carbons (Fsp3) is 0.333. The highest BCUT2D eigenvalue weighted by Gasteiger charge is 2.35. The number of aliphatic hydroxyl groups excluding tert-OH is 1. The number of carbonyl (C=O) groups excluding carboxylic acids is 1. The Kier molecular flexibility index (Phi) is 4.66. The predicted octanol–water partition coefficient (Wildman–Crippen LogP) is 2.38. The lowest BCUT2D eigenvalue weighted by molar-refractivity contribution is -0.138. The molecule has 2 aliphatic rings. The SMILES string of the molecule is O=C(C1Cc2cc(Cl)cc(-c3ccnc4cc(CO)oc34)c2O1)N1CCNCC1. The third-order valence-corrected chi connectivity index (χ3v) is 5.63. The van der Waals surface area contributed by atoms with Crippen molar-refractivity contribution in [2.45, 2.75) is 19.1 Å². The summed E-state index contributed by atoms with van der Waals surface area (Å²) in [5, 5.41) is 13.2. The summed E-state index contributed by atoms with van der Waals surface area (Å²) >= 11 is 6.39. The molecule has 8 heteroatoms. The fourth-order valence-electron chi connectivity index (χ4n) is 4.03. The van der Waals surface area contributed by atoms with Gasteiger partial charge in [-0.1, -0.05) is 11.6 Å². The molecule has 1 unspecified atom stereocenters. The molecular weight excluding hydrogens is 394 g/mol. The molecule has 1 aromatic carbocycles. The molecule has 0 spiro atoms. The lowest BCUT2D eigenvalue weighted by atomic mass is 10.0. The Hall–Kier alpha value is -2.61. The Bertz CT molecular complexity index is 1090. The number of nitrogens with zero attached hydrogens (tertiary/aromatic N) is 2. The number of aromatic nitrogens is 1. The van der Waals surface area contributed by atoms with Gasteiger partial charge in [0.15, 0.2) is 11.7 Å². The van der Waals surface area contributed by atoms with E-state index < -0.39 is 6.10 Å². The van der Waals surface area contributed by atoms with Crippen LogP contribution in [0.25, 0.3) is 22.2 Å². The van der Waals surface area contributed by atoms with Crippen molar-refractivity contribution in [1.29, 1.82) is 0 Å². The first-order valence-electron chi connectivity index (χ1n) is 9.61. The number of hydrogen-bond acceptors (Lipinski definition) is 6. The monoisotopic (exact) mass is 413 g/mol. The Morgan fingerprint density at radius 2 is 2.10 bits per heavy atom. The van der Waals surface area contributed by atoms with Crippen LogP contribution in [0.5, 0.6) is 5.75 Å². The number of rotatable bonds is 3. The molecule has 1 atom stereocenters. The van der Waals surface area contributed by atoms with E-state index in [9.17, 15) is 9.90 Å². The first kappa shape index (κ1) is 18.4. The predicted molar refractivity (Wildman–Crippen MR) is 108 cm³/mol. The van der Waals surface area contributed by atoms with Gasteiger partial charge in [-0.05, 0) is 18.2 Å². The summed E-state index contributed by atoms with van der Waals surface area (Å²) < 4.78 is 11.9. The molecule has 29 heavy (non-hydrogen) atoms. The molecule has 2 N–H and O–H groups in total. The molecule has 5 rings (SSSR count). The number of amides is 1. The molecule has 1 fully saturated rings. The van der Waals surface area contributed by atoms with Crippen LogP contribution < -0.4 is 10.1 Å². The number of carbonyl (C=O) groups is 1. The minimum Gasteiger partial charge on any atom is -0.479 e. The number of hydrogen-bond donors (Lipinski definition) is 2. The highest BCUT2D eigenvalue weighted by molar-refractivity contribution is 6.31. The van der Waals surface area contributed by atoms with Gasteiger partial charge in [0.25, 0.3) is 5.91 Å². The third-order valence-electron chi connectivity index (χ3n) is 5.41. The normalized spacial score (nSPS) is 18.7. The lowest BCUT2D eigenvalue weighted by Gasteiger charge is -2.29. The number of benzene rings is 1. The molecule has 0 saturated carbocycles. The smallest absolute Gasteiger partial charge is 0.264 e. The zero-order valence-electron chi connectivity index (χ0n) is 15.7. The van der Waals surface area contributed by atoms with Gasteiger partial charge in [0.05, 0.1) is 0 Å². The van der Waals surface area contributed by atoms with E-state index >= 15 is 0 Å². The first-order chi connectivity index (χ1) is 14.1. The molecule has 150 valence electrons. The maximum atomic E-state index is 12.9. The minimum absolute atomic E-state index is 0.00483. The Morgan fingerprint density at radius 1 is 1.28 bits per heavy atom. The van der Waals surface area contributed by atoms with Crippen LogP contribution in [0, 0.1) is 0 Å². The number of ether oxygens (including phenoxy) is 1. The molecule has 7 nitrogen and oxygen atoms in total. The van der Waals surface area contributed by atoms with Crippen molar-refractivity contribution >= 4 is 28.6 Å². The highest BCUT2D eigenvalue weighted by atomic mass is 35.5. The summed E-state index contributed by atoms with van der Waals surface area (Å²) in [4.78, 5) is 19.1. The van der Waals surface area contributed by atoms with Crippen LogP contribution in [0.3, 0.4) is 0 Å². The summed E-state index contributed by atoms with van der Waals surface area (Å²) in [5.74, 6) is 1.09. The van der Waals surface area contributed by atoms with Crippen molar-refractivity contribution in [2.75, 3.05) is 26.2 Å². The van der Waals surface area contributed by atoms with E-state index in [1.54, 1.807) is 12.3 Å². The van der Waals surface area contributed by atoms with Gasteiger partial charge >= 0.3 is 0 Å². The second kappa shape index (κ2) is 7.33. The van der Waals surface area contributed by atoms with Crippen LogP contribution in [0.4, 0.5) is 0 Å². The van der Waals surface area contributed by atoms with E-state index in [1.807, 2.05) is 23.1 Å². The number of aliphatic hydroxyl groups is 1. The van der Waals surface area contributed by atoms with Gasteiger partial charge in [0, 0.05) is 66.6 Å². The number of nitrogens with one attached hydrogen (secondary N) is 1. The molecule has 2 aliphatic heterocycles. The lowest BCUT2D eigenvalue weighted by Crippen LogP contribution is -2.50. The average molecular weight is 414 g/mol. The largest absolute Gasteiger partial charge is 0.479 e. The average Bonchev–Trinajstić information content (AvgIpc) is 3.36. The molecule has 1 amide bonds. The van der Waals surface area contributed by atoms with E-state index in [2.05, 4.69) is 10.3 Å². The van der Waals surface area contributed by atoms with E-state index in [1.165, 1.54) is 0 Å². The summed E-state index contributed by atoms with van der Waals surface area (Å²) in [6.45, 7) is 2.75. The van der Waals surface area contributed by atoms with Crippen LogP contribution in [0.1, 0.15) is 11.3 Å². The van der Waals surface area contributed by atoms with E-state index in [4.69, 9.17) is 20.8 Å². The van der Waals surface area contributed by atoms with Crippen molar-refractivity contribution in [3.63, 3.8) is 0 Å². The standard InChI is InChI=1S/C21H20ClN3O4/c22-13-7-12-8-18(21(27)25-5-3-23-4-6-25)29-19(12)16(9-13)15-1-2-24-17-10-14(11-26)28-20(15)17/h1-2,7,9-10,18,23,26H,3-6,8,11H2. The van der Waals surface area contributed by atoms with Gasteiger partial charge in [0.1, 0.15) is 23.6 Å². The zero-order chi connectivity index (χ0) is 20.0. The summed E-state index contributed by atoms with van der Waals surface area (Å²) in [6.07, 6.45) is 1.61. The van der Waals surface area contributed by atoms with Crippen LogP contribution in [0.15, 0.2) is 34.9 Å². The quantitative estimate of drug-likeness (QED) is 0.685. The number of pyridine rings is 1. The number of furan rings is 1. The second-order valence-corrected chi connectivity index (χ2v) is 7.71. The second-order valence-electron chi connectivity index (χ2n) is 7.27. The van der Waals surface area contributed by atoms with Crippen LogP contribution in [-0.4, -0.2) is 53.2 Å². The molecule has 1 saturated heterocycles. The van der Waals surface area contributed by atoms with Crippen molar-refractivity contribution in [3.8, 4) is 16.9 Å². The molecule has 0 radical (unpaired) electrons. The number of piperazine rings is 1. The summed E-state index contributed by atoms with van der Waals surface area (Å²) in [5.41, 5.74) is 3.63. The Labute approximate surface area is 172 Å².